The van der Waals surface area contributed by atoms with Crippen molar-refractivity contribution in [1.82, 2.24) is 0 Å². The van der Waals surface area contributed by atoms with Crippen molar-refractivity contribution in [2.75, 3.05) is 14.2 Å². The molecular formula is C26H23F3O5S4. The van der Waals surface area contributed by atoms with Crippen molar-refractivity contribution in [2.24, 2.45) is 0 Å². The van der Waals surface area contributed by atoms with Gasteiger partial charge in [-0.3, -0.25) is 0 Å². The molecule has 0 saturated heterocycles. The van der Waals surface area contributed by atoms with Crippen molar-refractivity contribution in [1.29, 1.82) is 0 Å². The molecule has 0 spiro atoms. The van der Waals surface area contributed by atoms with Gasteiger partial charge in [0.15, 0.2) is 19.9 Å². The molecule has 4 rings (SSSR count). The third kappa shape index (κ3) is 8.18. The molecule has 0 radical (unpaired) electrons. The molecule has 0 atom stereocenters. The summed E-state index contributed by atoms with van der Waals surface area (Å²) in [4.78, 5) is 3.81. The summed E-state index contributed by atoms with van der Waals surface area (Å²) in [5.74, 6) is 1.75. The zero-order valence-electron chi connectivity index (χ0n) is 20.4. The number of ether oxygens (including phenoxy) is 2. The van der Waals surface area contributed by atoms with Crippen LogP contribution >= 0.6 is 23.1 Å². The molecule has 0 aliphatic heterocycles. The second-order valence-electron chi connectivity index (χ2n) is 7.55. The van der Waals surface area contributed by atoms with Gasteiger partial charge in [-0.2, -0.15) is 13.2 Å². The van der Waals surface area contributed by atoms with Crippen LogP contribution in [0.15, 0.2) is 108 Å². The molecular weight excluding hydrogens is 578 g/mol. The summed E-state index contributed by atoms with van der Waals surface area (Å²) in [7, 11) is -2.87. The van der Waals surface area contributed by atoms with E-state index in [2.05, 4.69) is 67.6 Å². The molecule has 0 unspecified atom stereocenters. The van der Waals surface area contributed by atoms with Crippen molar-refractivity contribution >= 4 is 44.1 Å². The average Bonchev–Trinajstić information content (AvgIpc) is 3.33. The smallest absolute Gasteiger partial charge is 0.485 e. The second kappa shape index (κ2) is 12.9. The molecule has 3 aromatic carbocycles. The third-order valence-corrected chi connectivity index (χ3v) is 10.2. The number of benzene rings is 3. The van der Waals surface area contributed by atoms with E-state index in [4.69, 9.17) is 22.4 Å². The Morgan fingerprint density at radius 3 is 1.63 bits per heavy atom. The lowest BCUT2D eigenvalue weighted by molar-refractivity contribution is -0.0517. The molecule has 0 N–H and O–H groups in total. The molecule has 0 fully saturated rings. The van der Waals surface area contributed by atoms with E-state index in [1.807, 2.05) is 47.4 Å². The van der Waals surface area contributed by atoms with Gasteiger partial charge < -0.3 is 14.0 Å². The topological polar surface area (TPSA) is 75.7 Å². The van der Waals surface area contributed by atoms with Crippen molar-refractivity contribution < 1.29 is 35.6 Å². The Hall–Kier alpha value is -2.64. The van der Waals surface area contributed by atoms with Crippen LogP contribution in [-0.4, -0.2) is 32.7 Å². The van der Waals surface area contributed by atoms with Crippen LogP contribution in [0.1, 0.15) is 5.56 Å². The minimum absolute atomic E-state index is 0.182. The summed E-state index contributed by atoms with van der Waals surface area (Å²) in [5.41, 5.74) is -4.36. The summed E-state index contributed by atoms with van der Waals surface area (Å²) < 4.78 is 72.3. The second-order valence-corrected chi connectivity index (χ2v) is 13.6. The van der Waals surface area contributed by atoms with Gasteiger partial charge >= 0.3 is 5.51 Å². The van der Waals surface area contributed by atoms with Crippen LogP contribution in [-0.2, 0) is 21.0 Å². The molecule has 0 aliphatic carbocycles. The molecule has 38 heavy (non-hydrogen) atoms. The molecule has 0 aliphatic rings. The SMILES string of the molecule is COc1ccc([S+](c2ccc(OC)cc2)c2ccc(Sc3ccc(C)cc3)s2)cc1.O=S(=O)([O-])C(F)(F)F. The van der Waals surface area contributed by atoms with Crippen LogP contribution in [0, 0.1) is 6.92 Å². The summed E-state index contributed by atoms with van der Waals surface area (Å²) >= 11 is 3.68. The van der Waals surface area contributed by atoms with Gasteiger partial charge in [0, 0.05) is 11.0 Å². The van der Waals surface area contributed by atoms with Gasteiger partial charge in [-0.25, -0.2) is 8.42 Å². The van der Waals surface area contributed by atoms with Crippen molar-refractivity contribution in [3.05, 3.63) is 90.5 Å². The van der Waals surface area contributed by atoms with Crippen molar-refractivity contribution in [3.8, 4) is 11.5 Å². The summed E-state index contributed by atoms with van der Waals surface area (Å²) in [6.07, 6.45) is 0. The fraction of sp³-hybridized carbons (Fsp3) is 0.154. The normalized spacial score (nSPS) is 11.6. The lowest BCUT2D eigenvalue weighted by Crippen LogP contribution is -2.21. The number of aryl methyl sites for hydroxylation is 1. The highest BCUT2D eigenvalue weighted by atomic mass is 32.2. The fourth-order valence-corrected chi connectivity index (χ4v) is 7.91. The number of hydrogen-bond donors (Lipinski definition) is 0. The van der Waals surface area contributed by atoms with Gasteiger partial charge in [0.1, 0.15) is 22.4 Å². The Bertz CT molecular complexity index is 1370. The number of rotatable bonds is 7. The molecule has 1 aromatic heterocycles. The monoisotopic (exact) mass is 600 g/mol. The van der Waals surface area contributed by atoms with Crippen LogP contribution in [0.4, 0.5) is 13.2 Å². The summed E-state index contributed by atoms with van der Waals surface area (Å²) in [6, 6.07) is 30.0. The Morgan fingerprint density at radius 2 is 1.24 bits per heavy atom. The maximum absolute atomic E-state index is 10.7. The lowest BCUT2D eigenvalue weighted by Gasteiger charge is -2.08. The van der Waals surface area contributed by atoms with E-state index >= 15 is 0 Å². The molecule has 1 heterocycles. The van der Waals surface area contributed by atoms with Crippen molar-refractivity contribution in [2.45, 2.75) is 35.5 Å². The molecule has 202 valence electrons. The van der Waals surface area contributed by atoms with Gasteiger partial charge in [0.25, 0.3) is 0 Å². The van der Waals surface area contributed by atoms with Crippen molar-refractivity contribution in [3.63, 3.8) is 0 Å². The first kappa shape index (κ1) is 29.9. The van der Waals surface area contributed by atoms with E-state index in [9.17, 15) is 13.2 Å². The highest BCUT2D eigenvalue weighted by Crippen LogP contribution is 2.41. The standard InChI is InChI=1S/C25H23O2S3.CHF3O3S/c1-18-4-10-21(11-5-18)28-24-16-17-25(29-24)30(22-12-6-19(26-2)7-13-22)23-14-8-20(27-3)9-15-23;2-1(3,4)8(5,6)7/h4-17H,1-3H3;(H,5,6,7)/q+1;/p-1. The zero-order chi connectivity index (χ0) is 27.9. The van der Waals surface area contributed by atoms with Crippen LogP contribution in [0.25, 0.3) is 0 Å². The minimum atomic E-state index is -6.09. The van der Waals surface area contributed by atoms with Crippen LogP contribution in [0.2, 0.25) is 0 Å². The molecule has 0 saturated carbocycles. The van der Waals surface area contributed by atoms with E-state index in [1.54, 1.807) is 14.2 Å². The Balaban J connectivity index is 0.000000436. The first-order chi connectivity index (χ1) is 17.9. The fourth-order valence-electron chi connectivity index (χ4n) is 2.98. The lowest BCUT2D eigenvalue weighted by atomic mass is 10.2. The van der Waals surface area contributed by atoms with Crippen LogP contribution in [0.5, 0.6) is 11.5 Å². The van der Waals surface area contributed by atoms with E-state index in [-0.39, 0.29) is 10.9 Å². The number of methoxy groups -OCH3 is 2. The van der Waals surface area contributed by atoms with Gasteiger partial charge in [0.2, 0.25) is 4.21 Å². The highest BCUT2D eigenvalue weighted by Gasteiger charge is 2.37. The summed E-state index contributed by atoms with van der Waals surface area (Å²) in [5, 5.41) is 0. The predicted octanol–water partition coefficient (Wildman–Crippen LogP) is 7.37. The predicted molar refractivity (Wildman–Crippen MR) is 144 cm³/mol. The zero-order valence-corrected chi connectivity index (χ0v) is 23.7. The van der Waals surface area contributed by atoms with Crippen LogP contribution < -0.4 is 9.47 Å². The first-order valence-corrected chi connectivity index (χ1v) is 15.1. The van der Waals surface area contributed by atoms with E-state index < -0.39 is 15.6 Å². The Labute approximate surface area is 230 Å². The summed E-state index contributed by atoms with van der Waals surface area (Å²) in [6.45, 7) is 2.12. The number of hydrogen-bond acceptors (Lipinski definition) is 7. The first-order valence-electron chi connectivity index (χ1n) is 10.8. The molecule has 0 bridgehead atoms. The van der Waals surface area contributed by atoms with Gasteiger partial charge in [0.05, 0.1) is 18.4 Å². The van der Waals surface area contributed by atoms with E-state index in [1.165, 1.54) is 28.7 Å². The maximum Gasteiger partial charge on any atom is 0.485 e. The van der Waals surface area contributed by atoms with E-state index in [0.717, 1.165) is 11.5 Å². The molecule has 12 heteroatoms. The number of thiophene rings is 1. The Kier molecular flexibility index (Phi) is 10.2. The maximum atomic E-state index is 10.7. The highest BCUT2D eigenvalue weighted by molar-refractivity contribution is 8.02. The molecule has 5 nitrogen and oxygen atoms in total. The van der Waals surface area contributed by atoms with Crippen LogP contribution in [0.3, 0.4) is 0 Å². The molecule has 4 aromatic rings. The third-order valence-electron chi connectivity index (χ3n) is 4.87. The van der Waals surface area contributed by atoms with Gasteiger partial charge in [-0.15, -0.1) is 0 Å². The van der Waals surface area contributed by atoms with Gasteiger partial charge in [-0.05, 0) is 73.7 Å². The van der Waals surface area contributed by atoms with E-state index in [0.29, 0.717) is 0 Å². The Morgan fingerprint density at radius 1 is 0.789 bits per heavy atom. The average molecular weight is 601 g/mol. The largest absolute Gasteiger partial charge is 0.741 e. The number of alkyl halides is 3. The minimum Gasteiger partial charge on any atom is -0.741 e. The van der Waals surface area contributed by atoms with Gasteiger partial charge in [-0.1, -0.05) is 40.8 Å². The number of halogens is 3. The quantitative estimate of drug-likeness (QED) is 0.125. The molecule has 0 amide bonds.